The number of thiophene rings is 1. The summed E-state index contributed by atoms with van der Waals surface area (Å²) < 4.78 is 1.59. The van der Waals surface area contributed by atoms with Gasteiger partial charge in [0.25, 0.3) is 0 Å². The van der Waals surface area contributed by atoms with Crippen LogP contribution in [0.3, 0.4) is 0 Å². The van der Waals surface area contributed by atoms with Gasteiger partial charge in [0.15, 0.2) is 0 Å². The molecule has 2 rings (SSSR count). The molecule has 0 amide bonds. The Balaban J connectivity index is 2.32. The second-order valence-electron chi connectivity index (χ2n) is 3.81. The lowest BCUT2D eigenvalue weighted by atomic mass is 10.2. The van der Waals surface area contributed by atoms with E-state index >= 15 is 0 Å². The van der Waals surface area contributed by atoms with Gasteiger partial charge in [-0.1, -0.05) is 11.8 Å². The van der Waals surface area contributed by atoms with E-state index in [4.69, 9.17) is 5.73 Å². The summed E-state index contributed by atoms with van der Waals surface area (Å²) in [4.78, 5) is 16.5. The molecule has 0 saturated carbocycles. The minimum Gasteiger partial charge on any atom is -0.320 e. The second-order valence-corrected chi connectivity index (χ2v) is 4.81. The number of nitrogens with zero attached hydrogens (tertiary/aromatic N) is 2. The molecule has 0 spiro atoms. The fourth-order valence-corrected chi connectivity index (χ4v) is 2.38. The van der Waals surface area contributed by atoms with Crippen molar-refractivity contribution in [2.24, 2.45) is 5.73 Å². The topological polar surface area (TPSA) is 60.9 Å². The second kappa shape index (κ2) is 5.63. The highest BCUT2D eigenvalue weighted by Crippen LogP contribution is 2.16. The summed E-state index contributed by atoms with van der Waals surface area (Å²) in [5.74, 6) is 5.83. The average Bonchev–Trinajstić information content (AvgIpc) is 2.79. The Labute approximate surface area is 109 Å². The standard InChI is InChI=1S/C13H13N3OS/c1-10-7-15-13(17)16(8-10)9-12-11(3-2-5-14)4-6-18-12/h4,6-8H,5,9,14H2,1H3. The molecule has 2 heterocycles. The molecule has 0 aliphatic carbocycles. The molecule has 18 heavy (non-hydrogen) atoms. The van der Waals surface area contributed by atoms with Crippen molar-refractivity contribution in [3.8, 4) is 11.8 Å². The maximum absolute atomic E-state index is 11.6. The summed E-state index contributed by atoms with van der Waals surface area (Å²) in [7, 11) is 0. The van der Waals surface area contributed by atoms with Gasteiger partial charge in [-0.25, -0.2) is 9.78 Å². The van der Waals surface area contributed by atoms with E-state index in [0.717, 1.165) is 16.0 Å². The van der Waals surface area contributed by atoms with Crippen LogP contribution >= 0.6 is 11.3 Å². The molecule has 0 fully saturated rings. The lowest BCUT2D eigenvalue weighted by molar-refractivity contribution is 0.728. The SMILES string of the molecule is Cc1cnc(=O)n(Cc2sccc2C#CCN)c1. The third-order valence-electron chi connectivity index (χ3n) is 2.37. The molecule has 4 nitrogen and oxygen atoms in total. The van der Waals surface area contributed by atoms with Crippen molar-refractivity contribution in [1.29, 1.82) is 0 Å². The molecule has 0 aliphatic heterocycles. The molecule has 0 bridgehead atoms. The Hall–Kier alpha value is -1.90. The van der Waals surface area contributed by atoms with Crippen molar-refractivity contribution in [2.45, 2.75) is 13.5 Å². The highest BCUT2D eigenvalue weighted by molar-refractivity contribution is 7.10. The van der Waals surface area contributed by atoms with Crippen LogP contribution in [0.1, 0.15) is 16.0 Å². The fourth-order valence-electron chi connectivity index (χ4n) is 1.55. The van der Waals surface area contributed by atoms with Gasteiger partial charge in [-0.3, -0.25) is 4.57 Å². The van der Waals surface area contributed by atoms with Crippen molar-refractivity contribution < 1.29 is 0 Å². The summed E-state index contributed by atoms with van der Waals surface area (Å²) in [5.41, 5.74) is 7.00. The molecule has 0 aliphatic rings. The van der Waals surface area contributed by atoms with Gasteiger partial charge in [0, 0.05) is 22.8 Å². The molecule has 2 aromatic heterocycles. The van der Waals surface area contributed by atoms with Crippen molar-refractivity contribution in [2.75, 3.05) is 6.54 Å². The third-order valence-corrected chi connectivity index (χ3v) is 3.27. The molecule has 0 saturated heterocycles. The van der Waals surface area contributed by atoms with Crippen LogP contribution < -0.4 is 11.4 Å². The quantitative estimate of drug-likeness (QED) is 0.818. The van der Waals surface area contributed by atoms with E-state index in [9.17, 15) is 4.79 Å². The number of aryl methyl sites for hydroxylation is 1. The monoisotopic (exact) mass is 259 g/mol. The lowest BCUT2D eigenvalue weighted by Gasteiger charge is -2.04. The maximum Gasteiger partial charge on any atom is 0.347 e. The van der Waals surface area contributed by atoms with Gasteiger partial charge in [0.05, 0.1) is 13.1 Å². The normalized spacial score (nSPS) is 9.89. The van der Waals surface area contributed by atoms with Crippen LogP contribution in [0.25, 0.3) is 0 Å². The number of hydrogen-bond acceptors (Lipinski definition) is 4. The van der Waals surface area contributed by atoms with E-state index < -0.39 is 0 Å². The first-order chi connectivity index (χ1) is 8.70. The predicted molar refractivity (Wildman–Crippen MR) is 72.6 cm³/mol. The number of nitrogens with two attached hydrogens (primary N) is 1. The predicted octanol–water partition coefficient (Wildman–Crippen LogP) is 0.972. The molecule has 0 radical (unpaired) electrons. The Kier molecular flexibility index (Phi) is 3.92. The van der Waals surface area contributed by atoms with E-state index in [-0.39, 0.29) is 5.69 Å². The Morgan fingerprint density at radius 3 is 3.17 bits per heavy atom. The van der Waals surface area contributed by atoms with Crippen LogP contribution in [0.2, 0.25) is 0 Å². The fraction of sp³-hybridized carbons (Fsp3) is 0.231. The highest BCUT2D eigenvalue weighted by Gasteiger charge is 2.05. The molecule has 0 unspecified atom stereocenters. The number of hydrogen-bond donors (Lipinski definition) is 1. The molecular formula is C13H13N3OS. The third kappa shape index (κ3) is 2.86. The summed E-state index contributed by atoms with van der Waals surface area (Å²) in [5, 5.41) is 1.96. The Morgan fingerprint density at radius 1 is 1.56 bits per heavy atom. The van der Waals surface area contributed by atoms with Gasteiger partial charge < -0.3 is 5.73 Å². The summed E-state index contributed by atoms with van der Waals surface area (Å²) in [6.07, 6.45) is 3.37. The minimum absolute atomic E-state index is 0.244. The van der Waals surface area contributed by atoms with Crippen molar-refractivity contribution in [1.82, 2.24) is 9.55 Å². The molecule has 92 valence electrons. The summed E-state index contributed by atoms with van der Waals surface area (Å²) >= 11 is 1.58. The smallest absolute Gasteiger partial charge is 0.320 e. The van der Waals surface area contributed by atoms with E-state index in [1.54, 1.807) is 28.3 Å². The van der Waals surface area contributed by atoms with Crippen LogP contribution in [-0.2, 0) is 6.54 Å². The van der Waals surface area contributed by atoms with Gasteiger partial charge in [-0.15, -0.1) is 11.3 Å². The van der Waals surface area contributed by atoms with Crippen LogP contribution in [0.15, 0.2) is 28.6 Å². The first kappa shape index (κ1) is 12.6. The molecule has 5 heteroatoms. The van der Waals surface area contributed by atoms with Crippen LogP contribution in [0.5, 0.6) is 0 Å². The van der Waals surface area contributed by atoms with E-state index in [1.807, 2.05) is 18.4 Å². The zero-order chi connectivity index (χ0) is 13.0. The largest absolute Gasteiger partial charge is 0.347 e. The van der Waals surface area contributed by atoms with Crippen molar-refractivity contribution >= 4 is 11.3 Å². The average molecular weight is 259 g/mol. The summed E-state index contributed by atoms with van der Waals surface area (Å²) in [6.45, 7) is 2.74. The summed E-state index contributed by atoms with van der Waals surface area (Å²) in [6, 6.07) is 1.94. The zero-order valence-corrected chi connectivity index (χ0v) is 10.8. The number of aromatic nitrogens is 2. The molecular weight excluding hydrogens is 246 g/mol. The molecule has 2 aromatic rings. The Morgan fingerprint density at radius 2 is 2.39 bits per heavy atom. The van der Waals surface area contributed by atoms with Crippen LogP contribution in [0, 0.1) is 18.8 Å². The number of rotatable bonds is 2. The van der Waals surface area contributed by atoms with Crippen molar-refractivity contribution in [3.05, 3.63) is 50.3 Å². The van der Waals surface area contributed by atoms with Gasteiger partial charge >= 0.3 is 5.69 Å². The van der Waals surface area contributed by atoms with E-state index in [1.165, 1.54) is 0 Å². The van der Waals surface area contributed by atoms with E-state index in [0.29, 0.717) is 13.1 Å². The molecule has 0 aromatic carbocycles. The van der Waals surface area contributed by atoms with Gasteiger partial charge in [0.1, 0.15) is 0 Å². The lowest BCUT2D eigenvalue weighted by Crippen LogP contribution is -2.22. The van der Waals surface area contributed by atoms with Gasteiger partial charge in [-0.05, 0) is 23.9 Å². The first-order valence-electron chi connectivity index (χ1n) is 5.49. The first-order valence-corrected chi connectivity index (χ1v) is 6.37. The molecule has 2 N–H and O–H groups in total. The minimum atomic E-state index is -0.244. The zero-order valence-electron chi connectivity index (χ0n) is 10.0. The Bertz CT molecular complexity index is 661. The van der Waals surface area contributed by atoms with Crippen molar-refractivity contribution in [3.63, 3.8) is 0 Å². The van der Waals surface area contributed by atoms with Gasteiger partial charge in [0.2, 0.25) is 0 Å². The maximum atomic E-state index is 11.6. The molecule has 0 atom stereocenters. The van der Waals surface area contributed by atoms with Crippen LogP contribution in [0.4, 0.5) is 0 Å². The van der Waals surface area contributed by atoms with Crippen LogP contribution in [-0.4, -0.2) is 16.1 Å². The van der Waals surface area contributed by atoms with Gasteiger partial charge in [-0.2, -0.15) is 0 Å². The van der Waals surface area contributed by atoms with E-state index in [2.05, 4.69) is 16.8 Å². The highest BCUT2D eigenvalue weighted by atomic mass is 32.1.